The van der Waals surface area contributed by atoms with Crippen LogP contribution in [0.1, 0.15) is 23.7 Å². The summed E-state index contributed by atoms with van der Waals surface area (Å²) >= 11 is 0. The molecule has 1 aromatic heterocycles. The molecule has 6 nitrogen and oxygen atoms in total. The summed E-state index contributed by atoms with van der Waals surface area (Å²) < 4.78 is 11.5. The molecule has 4 heterocycles. The van der Waals surface area contributed by atoms with Crippen LogP contribution >= 0.6 is 0 Å². The predicted octanol–water partition coefficient (Wildman–Crippen LogP) is 1.76. The smallest absolute Gasteiger partial charge is 0.163 e. The van der Waals surface area contributed by atoms with Gasteiger partial charge in [-0.2, -0.15) is 0 Å². The van der Waals surface area contributed by atoms with Crippen molar-refractivity contribution in [3.63, 3.8) is 0 Å². The second-order valence-corrected chi connectivity index (χ2v) is 7.75. The number of nitrogens with zero attached hydrogens (tertiary/aromatic N) is 2. The molecule has 0 aliphatic carbocycles. The first-order valence-corrected chi connectivity index (χ1v) is 9.86. The molecule has 0 saturated carbocycles. The van der Waals surface area contributed by atoms with Gasteiger partial charge in [0.05, 0.1) is 0 Å². The summed E-state index contributed by atoms with van der Waals surface area (Å²) in [4.78, 5) is 8.70. The molecule has 0 unspecified atom stereocenters. The van der Waals surface area contributed by atoms with Crippen molar-refractivity contribution in [3.8, 4) is 11.5 Å². The zero-order chi connectivity index (χ0) is 17.5. The highest BCUT2D eigenvalue weighted by molar-refractivity contribution is 5.88. The maximum Gasteiger partial charge on any atom is 0.163 e. The van der Waals surface area contributed by atoms with Gasteiger partial charge in [0.2, 0.25) is 0 Å². The molecule has 1 aromatic carbocycles. The van der Waals surface area contributed by atoms with E-state index in [4.69, 9.17) is 9.47 Å². The summed E-state index contributed by atoms with van der Waals surface area (Å²) in [5, 5.41) is 5.02. The van der Waals surface area contributed by atoms with Gasteiger partial charge in [-0.1, -0.05) is 0 Å². The van der Waals surface area contributed by atoms with E-state index in [0.717, 1.165) is 37.4 Å². The van der Waals surface area contributed by atoms with Crippen LogP contribution in [-0.2, 0) is 6.42 Å². The Balaban J connectivity index is 1.37. The number of aromatic nitrogens is 1. The second kappa shape index (κ2) is 6.76. The van der Waals surface area contributed by atoms with Crippen molar-refractivity contribution < 1.29 is 9.47 Å². The van der Waals surface area contributed by atoms with Crippen LogP contribution in [-0.4, -0.2) is 74.3 Å². The average molecular weight is 356 g/mol. The third-order valence-corrected chi connectivity index (χ3v) is 6.05. The number of rotatable bonds is 3. The Morgan fingerprint density at radius 1 is 1.08 bits per heavy atom. The Hall–Kier alpha value is -1.76. The summed E-state index contributed by atoms with van der Waals surface area (Å²) in [5.74, 6) is 1.75. The highest BCUT2D eigenvalue weighted by Gasteiger charge is 2.26. The third-order valence-electron chi connectivity index (χ3n) is 6.05. The predicted molar refractivity (Wildman–Crippen MR) is 102 cm³/mol. The highest BCUT2D eigenvalue weighted by Crippen LogP contribution is 2.39. The first-order chi connectivity index (χ1) is 12.8. The Labute approximate surface area is 154 Å². The summed E-state index contributed by atoms with van der Waals surface area (Å²) in [6.45, 7) is 8.20. The average Bonchev–Trinajstić information content (AvgIpc) is 3.04. The van der Waals surface area contributed by atoms with Crippen molar-refractivity contribution in [3.05, 3.63) is 23.4 Å². The zero-order valence-corrected chi connectivity index (χ0v) is 15.5. The lowest BCUT2D eigenvalue weighted by atomic mass is 9.97. The van der Waals surface area contributed by atoms with Gasteiger partial charge in [-0.15, -0.1) is 0 Å². The SMILES string of the molecule is CN1CCN(CC[C@@H]2NCCc3c2[nH]c2cc4c(cc32)OCCO4)CC1. The molecule has 140 valence electrons. The lowest BCUT2D eigenvalue weighted by Gasteiger charge is -2.34. The van der Waals surface area contributed by atoms with E-state index in [-0.39, 0.29) is 0 Å². The van der Waals surface area contributed by atoms with Crippen LogP contribution < -0.4 is 14.8 Å². The molecule has 3 aliphatic heterocycles. The first kappa shape index (κ1) is 16.4. The molecule has 0 spiro atoms. The highest BCUT2D eigenvalue weighted by atomic mass is 16.6. The summed E-state index contributed by atoms with van der Waals surface area (Å²) in [7, 11) is 2.21. The van der Waals surface area contributed by atoms with E-state index in [1.165, 1.54) is 48.3 Å². The molecule has 0 amide bonds. The standard InChI is InChI=1S/C20H28N4O2/c1-23-6-8-24(9-7-23)5-3-16-20-14(2-4-21-16)15-12-18-19(13-17(15)22-20)26-11-10-25-18/h12-13,16,21-22H,2-11H2,1H3/t16-/m0/s1. The van der Waals surface area contributed by atoms with Crippen molar-refractivity contribution in [1.29, 1.82) is 0 Å². The van der Waals surface area contributed by atoms with Crippen molar-refractivity contribution in [2.75, 3.05) is 59.5 Å². The molecule has 1 atom stereocenters. The third kappa shape index (κ3) is 2.96. The topological polar surface area (TPSA) is 52.8 Å². The minimum atomic E-state index is 0.407. The van der Waals surface area contributed by atoms with Gasteiger partial charge in [-0.05, 0) is 38.1 Å². The molecule has 2 N–H and O–H groups in total. The molecule has 0 bridgehead atoms. The molecule has 1 fully saturated rings. The molecule has 0 radical (unpaired) electrons. The second-order valence-electron chi connectivity index (χ2n) is 7.75. The number of piperazine rings is 1. The molecular weight excluding hydrogens is 328 g/mol. The van der Waals surface area contributed by atoms with Crippen LogP contribution in [0.5, 0.6) is 11.5 Å². The lowest BCUT2D eigenvalue weighted by molar-refractivity contribution is 0.148. The number of hydrogen-bond acceptors (Lipinski definition) is 5. The van der Waals surface area contributed by atoms with E-state index in [2.05, 4.69) is 39.3 Å². The van der Waals surface area contributed by atoms with E-state index in [0.29, 0.717) is 19.3 Å². The van der Waals surface area contributed by atoms with Gasteiger partial charge in [0.1, 0.15) is 13.2 Å². The quantitative estimate of drug-likeness (QED) is 0.878. The van der Waals surface area contributed by atoms with Crippen LogP contribution in [0.2, 0.25) is 0 Å². The van der Waals surface area contributed by atoms with Crippen molar-refractivity contribution in [2.24, 2.45) is 0 Å². The van der Waals surface area contributed by atoms with E-state index in [1.54, 1.807) is 0 Å². The number of fused-ring (bicyclic) bond motifs is 4. The largest absolute Gasteiger partial charge is 0.486 e. The monoisotopic (exact) mass is 356 g/mol. The van der Waals surface area contributed by atoms with Crippen LogP contribution in [0.25, 0.3) is 10.9 Å². The number of likely N-dealkylation sites (N-methyl/N-ethyl adjacent to an activating group) is 1. The van der Waals surface area contributed by atoms with E-state index >= 15 is 0 Å². The molecule has 1 saturated heterocycles. The Morgan fingerprint density at radius 2 is 1.85 bits per heavy atom. The normalized spacial score (nSPS) is 24.0. The molecular formula is C20H28N4O2. The van der Waals surface area contributed by atoms with Gasteiger partial charge < -0.3 is 29.6 Å². The first-order valence-electron chi connectivity index (χ1n) is 9.86. The molecule has 5 rings (SSSR count). The van der Waals surface area contributed by atoms with Crippen LogP contribution in [0, 0.1) is 0 Å². The van der Waals surface area contributed by atoms with E-state index < -0.39 is 0 Å². The van der Waals surface area contributed by atoms with Crippen LogP contribution in [0.4, 0.5) is 0 Å². The number of H-pyrrole nitrogens is 1. The van der Waals surface area contributed by atoms with Gasteiger partial charge in [0, 0.05) is 61.4 Å². The number of benzene rings is 1. The van der Waals surface area contributed by atoms with Crippen molar-refractivity contribution in [1.82, 2.24) is 20.1 Å². The minimum Gasteiger partial charge on any atom is -0.486 e. The Morgan fingerprint density at radius 3 is 2.65 bits per heavy atom. The summed E-state index contributed by atoms with van der Waals surface area (Å²) in [5.41, 5.74) is 3.99. The number of ether oxygens (including phenoxy) is 2. The fourth-order valence-electron chi connectivity index (χ4n) is 4.48. The van der Waals surface area contributed by atoms with Gasteiger partial charge in [-0.3, -0.25) is 0 Å². The summed E-state index contributed by atoms with van der Waals surface area (Å²) in [6, 6.07) is 4.69. The molecule has 2 aromatic rings. The van der Waals surface area contributed by atoms with Crippen molar-refractivity contribution >= 4 is 10.9 Å². The molecule has 6 heteroatoms. The minimum absolute atomic E-state index is 0.407. The number of aromatic amines is 1. The van der Waals surface area contributed by atoms with E-state index in [1.807, 2.05) is 0 Å². The van der Waals surface area contributed by atoms with Gasteiger partial charge in [-0.25, -0.2) is 0 Å². The number of nitrogens with one attached hydrogen (secondary N) is 2. The molecule has 3 aliphatic rings. The van der Waals surface area contributed by atoms with Gasteiger partial charge in [0.15, 0.2) is 11.5 Å². The number of hydrogen-bond donors (Lipinski definition) is 2. The van der Waals surface area contributed by atoms with Crippen LogP contribution in [0.15, 0.2) is 12.1 Å². The van der Waals surface area contributed by atoms with Crippen LogP contribution in [0.3, 0.4) is 0 Å². The van der Waals surface area contributed by atoms with Gasteiger partial charge >= 0.3 is 0 Å². The Kier molecular flexibility index (Phi) is 4.27. The van der Waals surface area contributed by atoms with Crippen molar-refractivity contribution in [2.45, 2.75) is 18.9 Å². The zero-order valence-electron chi connectivity index (χ0n) is 15.5. The maximum atomic E-state index is 5.79. The lowest BCUT2D eigenvalue weighted by Crippen LogP contribution is -2.45. The van der Waals surface area contributed by atoms with Gasteiger partial charge in [0.25, 0.3) is 0 Å². The van der Waals surface area contributed by atoms with E-state index in [9.17, 15) is 0 Å². The molecule has 26 heavy (non-hydrogen) atoms. The Bertz CT molecular complexity index is 795. The fraction of sp³-hybridized carbons (Fsp3) is 0.600. The summed E-state index contributed by atoms with van der Waals surface area (Å²) in [6.07, 6.45) is 2.22. The fourth-order valence-corrected chi connectivity index (χ4v) is 4.48. The maximum absolute atomic E-state index is 5.79.